The van der Waals surface area contributed by atoms with E-state index >= 15 is 0 Å². The average molecular weight is 446 g/mol. The van der Waals surface area contributed by atoms with Crippen LogP contribution in [-0.4, -0.2) is 53.3 Å². The molecule has 3 aromatic rings. The van der Waals surface area contributed by atoms with Gasteiger partial charge in [0.15, 0.2) is 0 Å². The van der Waals surface area contributed by atoms with Gasteiger partial charge in [-0.05, 0) is 43.2 Å². The van der Waals surface area contributed by atoms with Crippen molar-refractivity contribution < 1.29 is 18.3 Å². The predicted octanol–water partition coefficient (Wildman–Crippen LogP) is 4.87. The molecule has 0 unspecified atom stereocenters. The monoisotopic (exact) mass is 445 g/mol. The van der Waals surface area contributed by atoms with Crippen molar-refractivity contribution in [1.29, 1.82) is 0 Å². The second-order valence-electron chi connectivity index (χ2n) is 8.59. The zero-order valence-electron chi connectivity index (χ0n) is 17.0. The number of hydrogen-bond acceptors (Lipinski definition) is 3. The van der Waals surface area contributed by atoms with Crippen LogP contribution in [0.3, 0.4) is 0 Å². The molecule has 1 amide bonds. The lowest BCUT2D eigenvalue weighted by Crippen LogP contribution is -2.65. The number of benzene rings is 2. The standard InChI is InChI=1S/C23H22ClF2N3O2/c1-31-17-9-23(10-17)12-28(13-23)22(30)15-5-6-19-18(8-15)21(27-29(19)11-20(25)26)14-3-2-4-16(24)7-14/h2-8,17,20H,9-13H2,1H3. The van der Waals surface area contributed by atoms with Crippen molar-refractivity contribution in [2.45, 2.75) is 31.9 Å². The summed E-state index contributed by atoms with van der Waals surface area (Å²) in [6.07, 6.45) is -0.251. The van der Waals surface area contributed by atoms with E-state index in [1.54, 1.807) is 43.5 Å². The van der Waals surface area contributed by atoms with Crippen LogP contribution in [0.5, 0.6) is 0 Å². The van der Waals surface area contributed by atoms with E-state index in [0.29, 0.717) is 33.3 Å². The fraction of sp³-hybridized carbons (Fsp3) is 0.391. The number of halogens is 3. The molecular formula is C23H22ClF2N3O2. The van der Waals surface area contributed by atoms with Crippen molar-refractivity contribution in [2.75, 3.05) is 20.2 Å². The molecule has 1 aliphatic heterocycles. The van der Waals surface area contributed by atoms with E-state index in [4.69, 9.17) is 16.3 Å². The van der Waals surface area contributed by atoms with Gasteiger partial charge in [0, 0.05) is 47.2 Å². The van der Waals surface area contributed by atoms with Crippen LogP contribution in [0.1, 0.15) is 23.2 Å². The Morgan fingerprint density at radius 1 is 1.26 bits per heavy atom. The first kappa shape index (κ1) is 20.4. The second kappa shape index (κ2) is 7.57. The molecule has 1 saturated carbocycles. The first-order valence-corrected chi connectivity index (χ1v) is 10.6. The summed E-state index contributed by atoms with van der Waals surface area (Å²) in [5.41, 5.74) is 2.56. The van der Waals surface area contributed by atoms with Gasteiger partial charge >= 0.3 is 0 Å². The smallest absolute Gasteiger partial charge is 0.257 e. The van der Waals surface area contributed by atoms with Crippen molar-refractivity contribution in [3.63, 3.8) is 0 Å². The SMILES string of the molecule is COC1CC2(C1)CN(C(=O)c1ccc3c(c1)c(-c1cccc(Cl)c1)nn3CC(F)F)C2. The topological polar surface area (TPSA) is 47.4 Å². The molecule has 5 rings (SSSR count). The Bertz CT molecular complexity index is 1150. The Labute approximate surface area is 183 Å². The fourth-order valence-electron chi connectivity index (χ4n) is 4.85. The van der Waals surface area contributed by atoms with Crippen LogP contribution in [0.4, 0.5) is 8.78 Å². The number of methoxy groups -OCH3 is 1. The number of carbonyl (C=O) groups is 1. The van der Waals surface area contributed by atoms with E-state index in [1.807, 2.05) is 11.0 Å². The number of carbonyl (C=O) groups excluding carboxylic acids is 1. The van der Waals surface area contributed by atoms with Crippen molar-refractivity contribution >= 4 is 28.4 Å². The predicted molar refractivity (Wildman–Crippen MR) is 115 cm³/mol. The summed E-state index contributed by atoms with van der Waals surface area (Å²) < 4.78 is 32.9. The van der Waals surface area contributed by atoms with Gasteiger partial charge in [-0.3, -0.25) is 9.48 Å². The highest BCUT2D eigenvalue weighted by Crippen LogP contribution is 2.49. The zero-order valence-corrected chi connectivity index (χ0v) is 17.8. The molecular weight excluding hydrogens is 424 g/mol. The van der Waals surface area contributed by atoms with Crippen LogP contribution in [0.2, 0.25) is 5.02 Å². The summed E-state index contributed by atoms with van der Waals surface area (Å²) in [6, 6.07) is 12.3. The van der Waals surface area contributed by atoms with Gasteiger partial charge in [-0.25, -0.2) is 8.78 Å². The largest absolute Gasteiger partial charge is 0.381 e. The molecule has 8 heteroatoms. The lowest BCUT2D eigenvalue weighted by molar-refractivity contribution is -0.126. The Kier molecular flexibility index (Phi) is 4.98. The number of fused-ring (bicyclic) bond motifs is 1. The van der Waals surface area contributed by atoms with Gasteiger partial charge in [-0.15, -0.1) is 0 Å². The highest BCUT2D eigenvalue weighted by Gasteiger charge is 2.53. The third-order valence-electron chi connectivity index (χ3n) is 6.40. The number of aromatic nitrogens is 2. The summed E-state index contributed by atoms with van der Waals surface area (Å²) in [6.45, 7) is 0.949. The highest BCUT2D eigenvalue weighted by atomic mass is 35.5. The number of ether oxygens (including phenoxy) is 1. The summed E-state index contributed by atoms with van der Waals surface area (Å²) in [5.74, 6) is -0.0490. The van der Waals surface area contributed by atoms with E-state index < -0.39 is 13.0 Å². The van der Waals surface area contributed by atoms with Gasteiger partial charge < -0.3 is 9.64 Å². The first-order chi connectivity index (χ1) is 14.9. The number of rotatable bonds is 5. The maximum Gasteiger partial charge on any atom is 0.257 e. The van der Waals surface area contributed by atoms with E-state index in [1.165, 1.54) is 4.68 Å². The third kappa shape index (κ3) is 3.59. The van der Waals surface area contributed by atoms with Crippen molar-refractivity contribution in [1.82, 2.24) is 14.7 Å². The van der Waals surface area contributed by atoms with Gasteiger partial charge in [0.1, 0.15) is 12.2 Å². The van der Waals surface area contributed by atoms with E-state index in [-0.39, 0.29) is 11.3 Å². The van der Waals surface area contributed by atoms with Crippen LogP contribution < -0.4 is 0 Å². The third-order valence-corrected chi connectivity index (χ3v) is 6.64. The summed E-state index contributed by atoms with van der Waals surface area (Å²) >= 11 is 6.13. The van der Waals surface area contributed by atoms with Gasteiger partial charge in [-0.1, -0.05) is 23.7 Å². The van der Waals surface area contributed by atoms with Gasteiger partial charge in [0.2, 0.25) is 0 Å². The number of alkyl halides is 2. The van der Waals surface area contributed by atoms with Gasteiger partial charge in [0.05, 0.1) is 11.6 Å². The highest BCUT2D eigenvalue weighted by molar-refractivity contribution is 6.30. The lowest BCUT2D eigenvalue weighted by Gasteiger charge is -2.58. The van der Waals surface area contributed by atoms with E-state index in [0.717, 1.165) is 31.5 Å². The second-order valence-corrected chi connectivity index (χ2v) is 9.03. The normalized spacial score (nSPS) is 17.9. The molecule has 1 saturated heterocycles. The van der Waals surface area contributed by atoms with Crippen LogP contribution in [0, 0.1) is 5.41 Å². The Morgan fingerprint density at radius 3 is 2.71 bits per heavy atom. The molecule has 2 fully saturated rings. The van der Waals surface area contributed by atoms with Crippen LogP contribution >= 0.6 is 11.6 Å². The number of amides is 1. The average Bonchev–Trinajstić information content (AvgIpc) is 3.03. The quantitative estimate of drug-likeness (QED) is 0.562. The molecule has 0 bridgehead atoms. The molecule has 162 valence electrons. The Hall–Kier alpha value is -2.51. The fourth-order valence-corrected chi connectivity index (χ4v) is 5.04. The minimum atomic E-state index is -2.53. The van der Waals surface area contributed by atoms with Crippen molar-refractivity contribution in [3.05, 3.63) is 53.1 Å². The molecule has 1 aromatic heterocycles. The van der Waals surface area contributed by atoms with E-state index in [2.05, 4.69) is 5.10 Å². The number of likely N-dealkylation sites (tertiary alicyclic amines) is 1. The molecule has 2 heterocycles. The summed E-state index contributed by atoms with van der Waals surface area (Å²) in [7, 11) is 1.72. The molecule has 5 nitrogen and oxygen atoms in total. The summed E-state index contributed by atoms with van der Waals surface area (Å²) in [5, 5.41) is 5.61. The molecule has 0 N–H and O–H groups in total. The first-order valence-electron chi connectivity index (χ1n) is 10.2. The summed E-state index contributed by atoms with van der Waals surface area (Å²) in [4.78, 5) is 14.9. The molecule has 0 radical (unpaired) electrons. The molecule has 2 aromatic carbocycles. The molecule has 0 atom stereocenters. The van der Waals surface area contributed by atoms with E-state index in [9.17, 15) is 13.6 Å². The Morgan fingerprint density at radius 2 is 2.03 bits per heavy atom. The van der Waals surface area contributed by atoms with Gasteiger partial charge in [-0.2, -0.15) is 5.10 Å². The van der Waals surface area contributed by atoms with Crippen LogP contribution in [-0.2, 0) is 11.3 Å². The lowest BCUT2D eigenvalue weighted by atomic mass is 9.61. The van der Waals surface area contributed by atoms with Crippen LogP contribution in [0.15, 0.2) is 42.5 Å². The molecule has 1 spiro atoms. The number of nitrogens with zero attached hydrogens (tertiary/aromatic N) is 3. The van der Waals surface area contributed by atoms with Crippen LogP contribution in [0.25, 0.3) is 22.2 Å². The maximum absolute atomic E-state index is 13.1. The minimum absolute atomic E-state index is 0.0490. The molecule has 1 aliphatic carbocycles. The number of hydrogen-bond donors (Lipinski definition) is 0. The van der Waals surface area contributed by atoms with Gasteiger partial charge in [0.25, 0.3) is 12.3 Å². The molecule has 2 aliphatic rings. The Balaban J connectivity index is 1.47. The maximum atomic E-state index is 13.1. The zero-order chi connectivity index (χ0) is 21.8. The molecule has 31 heavy (non-hydrogen) atoms. The van der Waals surface area contributed by atoms with Crippen molar-refractivity contribution in [2.24, 2.45) is 5.41 Å². The van der Waals surface area contributed by atoms with Crippen molar-refractivity contribution in [3.8, 4) is 11.3 Å². The minimum Gasteiger partial charge on any atom is -0.381 e.